The summed E-state index contributed by atoms with van der Waals surface area (Å²) >= 11 is 6.49. The van der Waals surface area contributed by atoms with E-state index in [1.54, 1.807) is 6.92 Å². The molecule has 4 nitrogen and oxygen atoms in total. The third kappa shape index (κ3) is 3.43. The maximum Gasteiger partial charge on any atom is 0.341 e. The number of nitrogens with one attached hydrogen (secondary N) is 1. The van der Waals surface area contributed by atoms with Gasteiger partial charge >= 0.3 is 5.97 Å². The van der Waals surface area contributed by atoms with Crippen molar-refractivity contribution < 1.29 is 14.3 Å². The fourth-order valence-electron chi connectivity index (χ4n) is 1.42. The standard InChI is InChI=1S/C12H17NO3S2/c1-5-15-11(14)9-7(3)8(4)18-10(9)13-12(17)16-6-2/h5-6H2,1-4H3,(H,13,17). The van der Waals surface area contributed by atoms with Gasteiger partial charge in [-0.15, -0.1) is 11.3 Å². The third-order valence-electron chi connectivity index (χ3n) is 2.36. The van der Waals surface area contributed by atoms with Gasteiger partial charge in [0.15, 0.2) is 0 Å². The van der Waals surface area contributed by atoms with Crippen LogP contribution in [0, 0.1) is 13.8 Å². The van der Waals surface area contributed by atoms with Gasteiger partial charge in [-0.3, -0.25) is 0 Å². The number of aryl methyl sites for hydroxylation is 1. The lowest BCUT2D eigenvalue weighted by Crippen LogP contribution is -2.15. The Labute approximate surface area is 116 Å². The summed E-state index contributed by atoms with van der Waals surface area (Å²) in [6, 6.07) is 0. The van der Waals surface area contributed by atoms with Gasteiger partial charge in [-0.1, -0.05) is 0 Å². The van der Waals surface area contributed by atoms with Crippen LogP contribution >= 0.6 is 23.6 Å². The van der Waals surface area contributed by atoms with E-state index >= 15 is 0 Å². The molecule has 0 amide bonds. The van der Waals surface area contributed by atoms with Crippen molar-refractivity contribution in [3.63, 3.8) is 0 Å². The molecule has 1 N–H and O–H groups in total. The molecule has 100 valence electrons. The Morgan fingerprint density at radius 2 is 1.89 bits per heavy atom. The number of esters is 1. The van der Waals surface area contributed by atoms with Gasteiger partial charge in [0.25, 0.3) is 5.17 Å². The van der Waals surface area contributed by atoms with Crippen LogP contribution in [-0.4, -0.2) is 24.4 Å². The van der Waals surface area contributed by atoms with E-state index < -0.39 is 0 Å². The Kier molecular flexibility index (Phi) is 5.55. The summed E-state index contributed by atoms with van der Waals surface area (Å²) in [6.07, 6.45) is 0. The molecule has 1 aromatic heterocycles. The first-order valence-electron chi connectivity index (χ1n) is 5.72. The lowest BCUT2D eigenvalue weighted by Gasteiger charge is -2.08. The molecular formula is C12H17NO3S2. The van der Waals surface area contributed by atoms with Crippen LogP contribution in [0.25, 0.3) is 0 Å². The van der Waals surface area contributed by atoms with Crippen LogP contribution < -0.4 is 5.32 Å². The Morgan fingerprint density at radius 1 is 1.28 bits per heavy atom. The van der Waals surface area contributed by atoms with Crippen molar-refractivity contribution in [1.29, 1.82) is 0 Å². The third-order valence-corrected chi connectivity index (χ3v) is 3.70. The molecule has 0 unspecified atom stereocenters. The maximum atomic E-state index is 11.9. The highest BCUT2D eigenvalue weighted by atomic mass is 32.1. The van der Waals surface area contributed by atoms with E-state index in [0.717, 1.165) is 10.4 Å². The van der Waals surface area contributed by atoms with Crippen molar-refractivity contribution in [2.45, 2.75) is 27.7 Å². The minimum atomic E-state index is -0.332. The molecule has 0 saturated carbocycles. The van der Waals surface area contributed by atoms with Crippen molar-refractivity contribution in [3.05, 3.63) is 16.0 Å². The fraction of sp³-hybridized carbons (Fsp3) is 0.500. The zero-order valence-electron chi connectivity index (χ0n) is 11.0. The van der Waals surface area contributed by atoms with Gasteiger partial charge in [-0.05, 0) is 45.5 Å². The Morgan fingerprint density at radius 3 is 2.44 bits per heavy atom. The van der Waals surface area contributed by atoms with Crippen LogP contribution in [0.3, 0.4) is 0 Å². The molecule has 0 aromatic carbocycles. The smallest absolute Gasteiger partial charge is 0.341 e. The van der Waals surface area contributed by atoms with Gasteiger partial charge in [0, 0.05) is 4.88 Å². The SMILES string of the molecule is CCOC(=O)c1c(NC(=S)OCC)sc(C)c1C. The number of carbonyl (C=O) groups excluding carboxylic acids is 1. The quantitative estimate of drug-likeness (QED) is 0.680. The summed E-state index contributed by atoms with van der Waals surface area (Å²) in [5.74, 6) is -0.332. The van der Waals surface area contributed by atoms with Crippen molar-refractivity contribution in [3.8, 4) is 0 Å². The number of rotatable bonds is 4. The summed E-state index contributed by atoms with van der Waals surface area (Å²) in [6.45, 7) is 8.33. The van der Waals surface area contributed by atoms with Crippen molar-refractivity contribution in [2.75, 3.05) is 18.5 Å². The van der Waals surface area contributed by atoms with Gasteiger partial charge in [-0.25, -0.2) is 4.79 Å². The second-order valence-corrected chi connectivity index (χ2v) is 5.15. The number of carbonyl (C=O) groups is 1. The van der Waals surface area contributed by atoms with E-state index in [0.29, 0.717) is 23.8 Å². The molecule has 0 radical (unpaired) electrons. The minimum Gasteiger partial charge on any atom is -0.471 e. The van der Waals surface area contributed by atoms with Gasteiger partial charge in [0.1, 0.15) is 5.00 Å². The highest BCUT2D eigenvalue weighted by Gasteiger charge is 2.21. The Balaban J connectivity index is 3.00. The van der Waals surface area contributed by atoms with Gasteiger partial charge < -0.3 is 14.8 Å². The summed E-state index contributed by atoms with van der Waals surface area (Å²) in [5.41, 5.74) is 1.46. The zero-order chi connectivity index (χ0) is 13.7. The predicted molar refractivity (Wildman–Crippen MR) is 77.6 cm³/mol. The molecule has 1 aromatic rings. The lowest BCUT2D eigenvalue weighted by atomic mass is 10.1. The van der Waals surface area contributed by atoms with Crippen molar-refractivity contribution in [2.24, 2.45) is 0 Å². The van der Waals surface area contributed by atoms with Crippen LogP contribution in [0.2, 0.25) is 0 Å². The second-order valence-electron chi connectivity index (χ2n) is 3.55. The van der Waals surface area contributed by atoms with Gasteiger partial charge in [0.05, 0.1) is 18.8 Å². The van der Waals surface area contributed by atoms with Crippen LogP contribution in [-0.2, 0) is 9.47 Å². The van der Waals surface area contributed by atoms with Crippen molar-refractivity contribution in [1.82, 2.24) is 0 Å². The Hall–Kier alpha value is -1.14. The molecule has 1 rings (SSSR count). The zero-order valence-corrected chi connectivity index (χ0v) is 12.6. The number of hydrogen-bond acceptors (Lipinski definition) is 5. The Bertz CT molecular complexity index is 454. The van der Waals surface area contributed by atoms with E-state index in [9.17, 15) is 4.79 Å². The molecule has 0 spiro atoms. The average molecular weight is 287 g/mol. The molecule has 0 saturated heterocycles. The first kappa shape index (κ1) is 14.9. The largest absolute Gasteiger partial charge is 0.471 e. The minimum absolute atomic E-state index is 0.268. The summed E-state index contributed by atoms with van der Waals surface area (Å²) < 4.78 is 10.2. The predicted octanol–water partition coefficient (Wildman–Crippen LogP) is 3.27. The van der Waals surface area contributed by atoms with E-state index in [1.165, 1.54) is 11.3 Å². The second kappa shape index (κ2) is 6.70. The molecule has 0 aliphatic heterocycles. The van der Waals surface area contributed by atoms with Crippen LogP contribution in [0.4, 0.5) is 5.00 Å². The van der Waals surface area contributed by atoms with E-state index in [1.807, 2.05) is 20.8 Å². The van der Waals surface area contributed by atoms with Crippen LogP contribution in [0.15, 0.2) is 0 Å². The number of hydrogen-bond donors (Lipinski definition) is 1. The fourth-order valence-corrected chi connectivity index (χ4v) is 2.75. The van der Waals surface area contributed by atoms with E-state index in [4.69, 9.17) is 21.7 Å². The monoisotopic (exact) mass is 287 g/mol. The van der Waals surface area contributed by atoms with Crippen LogP contribution in [0.5, 0.6) is 0 Å². The van der Waals surface area contributed by atoms with Gasteiger partial charge in [-0.2, -0.15) is 0 Å². The number of anilines is 1. The molecular weight excluding hydrogens is 270 g/mol. The topological polar surface area (TPSA) is 47.6 Å². The molecule has 0 fully saturated rings. The normalized spacial score (nSPS) is 10.0. The lowest BCUT2D eigenvalue weighted by molar-refractivity contribution is 0.0527. The molecule has 0 atom stereocenters. The number of thiophene rings is 1. The molecule has 0 aliphatic rings. The highest BCUT2D eigenvalue weighted by molar-refractivity contribution is 7.80. The molecule has 18 heavy (non-hydrogen) atoms. The van der Waals surface area contributed by atoms with Crippen LogP contribution in [0.1, 0.15) is 34.6 Å². The average Bonchev–Trinajstić information content (AvgIpc) is 2.55. The summed E-state index contributed by atoms with van der Waals surface area (Å²) in [7, 11) is 0. The van der Waals surface area contributed by atoms with E-state index in [-0.39, 0.29) is 11.1 Å². The van der Waals surface area contributed by atoms with Gasteiger partial charge in [0.2, 0.25) is 0 Å². The number of ether oxygens (including phenoxy) is 2. The highest BCUT2D eigenvalue weighted by Crippen LogP contribution is 2.33. The summed E-state index contributed by atoms with van der Waals surface area (Å²) in [5, 5.41) is 3.89. The molecule has 1 heterocycles. The molecule has 0 bridgehead atoms. The molecule has 0 aliphatic carbocycles. The summed E-state index contributed by atoms with van der Waals surface area (Å²) in [4.78, 5) is 13.0. The molecule has 6 heteroatoms. The maximum absolute atomic E-state index is 11.9. The first-order valence-corrected chi connectivity index (χ1v) is 6.94. The first-order chi connectivity index (χ1) is 8.51. The van der Waals surface area contributed by atoms with Crippen molar-refractivity contribution >= 4 is 39.7 Å². The number of thiocarbonyl (C=S) groups is 1. The van der Waals surface area contributed by atoms with E-state index in [2.05, 4.69) is 5.32 Å².